The second kappa shape index (κ2) is 12.2. The summed E-state index contributed by atoms with van der Waals surface area (Å²) in [5.74, 6) is -0.238. The van der Waals surface area contributed by atoms with Crippen molar-refractivity contribution in [3.05, 3.63) is 97.1 Å². The molecule has 0 radical (unpaired) electrons. The van der Waals surface area contributed by atoms with E-state index >= 15 is 0 Å². The van der Waals surface area contributed by atoms with E-state index in [9.17, 15) is 23.1 Å². The molecule has 0 aliphatic rings. The number of pyridine rings is 1. The molecular formula is C29H32ClN3O5S2. The Morgan fingerprint density at radius 2 is 1.80 bits per heavy atom. The Morgan fingerprint density at radius 3 is 2.42 bits per heavy atom. The summed E-state index contributed by atoms with van der Waals surface area (Å²) < 4.78 is 25.9. The minimum Gasteiger partial charge on any atom is -0.387 e. The maximum absolute atomic E-state index is 13.3. The van der Waals surface area contributed by atoms with Gasteiger partial charge in [-0.05, 0) is 54.9 Å². The fourth-order valence-electron chi connectivity index (χ4n) is 4.59. The normalized spacial score (nSPS) is 12.7. The number of sulfone groups is 1. The average molecular weight is 602 g/mol. The van der Waals surface area contributed by atoms with Crippen LogP contribution in [0.3, 0.4) is 0 Å². The molecule has 0 saturated carbocycles. The van der Waals surface area contributed by atoms with Crippen LogP contribution in [0.4, 0.5) is 0 Å². The van der Waals surface area contributed by atoms with E-state index in [1.807, 2.05) is 42.6 Å². The van der Waals surface area contributed by atoms with Gasteiger partial charge in [0, 0.05) is 54.6 Å². The van der Waals surface area contributed by atoms with Crippen molar-refractivity contribution in [1.82, 2.24) is 14.8 Å². The molecule has 40 heavy (non-hydrogen) atoms. The summed E-state index contributed by atoms with van der Waals surface area (Å²) in [4.78, 5) is 29.1. The van der Waals surface area contributed by atoms with Gasteiger partial charge >= 0.3 is 0 Å². The van der Waals surface area contributed by atoms with Crippen LogP contribution in [0.25, 0.3) is 10.2 Å². The number of carbonyl (C=O) groups is 1. The zero-order chi connectivity index (χ0) is 29.2. The summed E-state index contributed by atoms with van der Waals surface area (Å²) in [5.41, 5.74) is 3.64. The second-order valence-corrected chi connectivity index (χ2v) is 13.6. The molecule has 0 saturated heterocycles. The Morgan fingerprint density at radius 1 is 1.15 bits per heavy atom. The van der Waals surface area contributed by atoms with E-state index in [0.717, 1.165) is 27.8 Å². The molecular weight excluding hydrogens is 570 g/mol. The fourth-order valence-corrected chi connectivity index (χ4v) is 6.75. The van der Waals surface area contributed by atoms with Crippen LogP contribution in [0, 0.1) is 6.92 Å². The number of fused-ring (bicyclic) bond motifs is 1. The monoisotopic (exact) mass is 601 g/mol. The zero-order valence-electron chi connectivity index (χ0n) is 22.8. The summed E-state index contributed by atoms with van der Waals surface area (Å²) in [6, 6.07) is 13.4. The number of aliphatic hydroxyl groups excluding tert-OH is 1. The number of likely N-dealkylation sites (N-methyl/N-ethyl adjacent to an activating group) is 1. The minimum atomic E-state index is -3.30. The van der Waals surface area contributed by atoms with E-state index in [4.69, 9.17) is 11.6 Å². The van der Waals surface area contributed by atoms with E-state index in [1.54, 1.807) is 30.5 Å². The van der Waals surface area contributed by atoms with Crippen molar-refractivity contribution in [2.45, 2.75) is 37.4 Å². The molecule has 1 atom stereocenters. The van der Waals surface area contributed by atoms with Crippen molar-refractivity contribution in [2.24, 2.45) is 7.05 Å². The van der Waals surface area contributed by atoms with Crippen molar-refractivity contribution in [3.8, 4) is 0 Å². The van der Waals surface area contributed by atoms with Gasteiger partial charge in [-0.15, -0.1) is 11.3 Å². The van der Waals surface area contributed by atoms with Crippen molar-refractivity contribution in [3.63, 3.8) is 0 Å². The Balaban J connectivity index is 1.45. The number of halogens is 1. The van der Waals surface area contributed by atoms with Crippen LogP contribution in [-0.4, -0.2) is 48.7 Å². The summed E-state index contributed by atoms with van der Waals surface area (Å²) in [5, 5.41) is 14.2. The molecule has 8 nitrogen and oxygen atoms in total. The Labute approximate surface area is 242 Å². The number of benzene rings is 2. The van der Waals surface area contributed by atoms with Gasteiger partial charge in [-0.2, -0.15) is 0 Å². The molecule has 2 aromatic heterocycles. The van der Waals surface area contributed by atoms with Crippen LogP contribution in [0.1, 0.15) is 33.2 Å². The number of aliphatic hydroxyl groups is 1. The van der Waals surface area contributed by atoms with Crippen LogP contribution in [-0.2, 0) is 41.2 Å². The van der Waals surface area contributed by atoms with Crippen molar-refractivity contribution in [1.29, 1.82) is 0 Å². The molecule has 2 N–H and O–H groups in total. The van der Waals surface area contributed by atoms with Crippen molar-refractivity contribution >= 4 is 48.9 Å². The van der Waals surface area contributed by atoms with Gasteiger partial charge in [0.2, 0.25) is 11.3 Å². The first kappa shape index (κ1) is 30.0. The van der Waals surface area contributed by atoms with E-state index < -0.39 is 15.9 Å². The van der Waals surface area contributed by atoms with Gasteiger partial charge in [0.05, 0.1) is 27.6 Å². The predicted octanol–water partition coefficient (Wildman–Crippen LogP) is 3.99. The number of amides is 1. The highest BCUT2D eigenvalue weighted by atomic mass is 35.5. The van der Waals surface area contributed by atoms with E-state index in [2.05, 4.69) is 5.32 Å². The number of carbonyl (C=O) groups excluding carboxylic acids is 1. The third-order valence-electron chi connectivity index (χ3n) is 6.76. The smallest absolute Gasteiger partial charge is 0.224 e. The SMILES string of the molecule is Cc1c(CN(C)CC(O)c2ccc(S(C)(=O)=O)cc2)sc2c(=O)c(CC(=O)NCc3ccc(Cl)cc3)cn(C)c12. The maximum Gasteiger partial charge on any atom is 0.224 e. The molecule has 4 rings (SSSR count). The molecule has 11 heteroatoms. The molecule has 0 fully saturated rings. The number of hydrogen-bond acceptors (Lipinski definition) is 7. The third kappa shape index (κ3) is 7.00. The molecule has 0 aliphatic heterocycles. The number of nitrogens with zero attached hydrogens (tertiary/aromatic N) is 2. The van der Waals surface area contributed by atoms with Crippen LogP contribution >= 0.6 is 22.9 Å². The lowest BCUT2D eigenvalue weighted by atomic mass is 10.1. The van der Waals surface area contributed by atoms with Crippen LogP contribution in [0.5, 0.6) is 0 Å². The summed E-state index contributed by atoms with van der Waals surface area (Å²) >= 11 is 7.32. The molecule has 4 aromatic rings. The zero-order valence-corrected chi connectivity index (χ0v) is 25.2. The highest BCUT2D eigenvalue weighted by Crippen LogP contribution is 2.30. The molecule has 0 aliphatic carbocycles. The highest BCUT2D eigenvalue weighted by molar-refractivity contribution is 7.90. The number of aryl methyl sites for hydroxylation is 2. The lowest BCUT2D eigenvalue weighted by molar-refractivity contribution is -0.120. The third-order valence-corrected chi connectivity index (χ3v) is 9.40. The first-order chi connectivity index (χ1) is 18.8. The Bertz CT molecular complexity index is 1700. The van der Waals surface area contributed by atoms with Gasteiger partial charge in [0.1, 0.15) is 0 Å². The second-order valence-electron chi connectivity index (χ2n) is 10.1. The maximum atomic E-state index is 13.3. The molecule has 0 spiro atoms. The van der Waals surface area contributed by atoms with Crippen molar-refractivity contribution in [2.75, 3.05) is 19.8 Å². The molecule has 2 heterocycles. The first-order valence-corrected chi connectivity index (χ1v) is 15.7. The van der Waals surface area contributed by atoms with Gasteiger partial charge in [-0.25, -0.2) is 8.42 Å². The van der Waals surface area contributed by atoms with Gasteiger partial charge < -0.3 is 15.0 Å². The predicted molar refractivity (Wildman–Crippen MR) is 160 cm³/mol. The van der Waals surface area contributed by atoms with E-state index in [0.29, 0.717) is 40.5 Å². The molecule has 1 amide bonds. The summed E-state index contributed by atoms with van der Waals surface area (Å²) in [6.45, 7) is 3.16. The number of nitrogens with one attached hydrogen (secondary N) is 1. The van der Waals surface area contributed by atoms with Gasteiger partial charge in [-0.1, -0.05) is 35.9 Å². The van der Waals surface area contributed by atoms with Gasteiger partial charge in [0.15, 0.2) is 9.84 Å². The average Bonchev–Trinajstić information content (AvgIpc) is 3.22. The highest BCUT2D eigenvalue weighted by Gasteiger charge is 2.20. The van der Waals surface area contributed by atoms with Gasteiger partial charge in [0.25, 0.3) is 0 Å². The molecule has 1 unspecified atom stereocenters. The standard InChI is InChI=1S/C29H32ClN3O5S2/c1-18-25(17-32(2)16-24(34)20-7-11-23(12-8-20)40(4,37)38)39-29-27(18)33(3)15-21(28(29)36)13-26(35)31-14-19-5-9-22(30)10-6-19/h5-12,15,24,34H,13-14,16-17H2,1-4H3,(H,31,35). The lowest BCUT2D eigenvalue weighted by Gasteiger charge is -2.20. The molecule has 212 valence electrons. The van der Waals surface area contributed by atoms with E-state index in [-0.39, 0.29) is 22.7 Å². The molecule has 0 bridgehead atoms. The fraction of sp³-hybridized carbons (Fsp3) is 0.310. The van der Waals surface area contributed by atoms with Crippen LogP contribution in [0.2, 0.25) is 5.02 Å². The van der Waals surface area contributed by atoms with Crippen LogP contribution in [0.15, 0.2) is 64.4 Å². The summed E-state index contributed by atoms with van der Waals surface area (Å²) in [7, 11) is 0.446. The number of rotatable bonds is 10. The van der Waals surface area contributed by atoms with E-state index in [1.165, 1.54) is 23.5 Å². The largest absolute Gasteiger partial charge is 0.387 e. The number of thiophene rings is 1. The number of hydrogen-bond donors (Lipinski definition) is 2. The minimum absolute atomic E-state index is 0.0211. The van der Waals surface area contributed by atoms with Crippen molar-refractivity contribution < 1.29 is 18.3 Å². The van der Waals surface area contributed by atoms with Crippen LogP contribution < -0.4 is 10.7 Å². The summed E-state index contributed by atoms with van der Waals surface area (Å²) in [6.07, 6.45) is 2.04. The lowest BCUT2D eigenvalue weighted by Crippen LogP contribution is -2.27. The Hall–Kier alpha value is -3.02. The first-order valence-electron chi connectivity index (χ1n) is 12.6. The number of aromatic nitrogens is 1. The quantitative estimate of drug-likeness (QED) is 0.285. The topological polar surface area (TPSA) is 109 Å². The molecule has 2 aromatic carbocycles. The van der Waals surface area contributed by atoms with Gasteiger partial charge in [-0.3, -0.25) is 14.5 Å². The Kier molecular flexibility index (Phi) is 9.16.